The summed E-state index contributed by atoms with van der Waals surface area (Å²) in [5, 5.41) is 17.5. The summed E-state index contributed by atoms with van der Waals surface area (Å²) in [5.74, 6) is 0. The van der Waals surface area contributed by atoms with Crippen molar-refractivity contribution in [3.63, 3.8) is 0 Å². The number of rotatable bonds is 7. The molecule has 1 saturated heterocycles. The molecule has 0 aromatic carbocycles. The topological polar surface area (TPSA) is 80.4 Å². The lowest BCUT2D eigenvalue weighted by atomic mass is 10.2. The molecule has 0 atom stereocenters. The normalized spacial score (nSPS) is 11.6. The number of carbonyl (C=O) groups is 1. The van der Waals surface area contributed by atoms with Gasteiger partial charge in [-0.25, -0.2) is 4.79 Å². The van der Waals surface area contributed by atoms with Gasteiger partial charge in [0, 0.05) is 19.3 Å². The number of amides is 1. The number of carbonyl (C=O) groups excluding carboxylic acids is 1. The minimum absolute atomic E-state index is 0.0497. The Morgan fingerprint density at radius 3 is 2.04 bits per heavy atom. The first kappa shape index (κ1) is 19.8. The second-order valence-corrected chi connectivity index (χ2v) is 4.16. The summed E-state index contributed by atoms with van der Waals surface area (Å²) in [6.45, 7) is 16.5. The first-order valence-electron chi connectivity index (χ1n) is 6.79. The predicted octanol–water partition coefficient (Wildman–Crippen LogP) is 2.73. The average molecular weight is 312 g/mol. The van der Waals surface area contributed by atoms with Gasteiger partial charge in [0.05, 0.1) is 12.2 Å². The number of nitriles is 2. The lowest BCUT2D eigenvalue weighted by Crippen LogP contribution is -2.23. The van der Waals surface area contributed by atoms with Crippen molar-refractivity contribution in [2.24, 2.45) is 0 Å². The maximum Gasteiger partial charge on any atom is 0.413 e. The molecule has 1 heterocycles. The fraction of sp³-hybridized carbons (Fsp3) is 0.235. The number of allylic oxidation sites excluding steroid dienone is 2. The molecular formula is C17H20N4O2. The molecule has 1 rings (SSSR count). The van der Waals surface area contributed by atoms with Crippen molar-refractivity contribution in [2.45, 2.75) is 0 Å². The molecule has 0 bridgehead atoms. The summed E-state index contributed by atoms with van der Waals surface area (Å²) in [6.07, 6.45) is 6.06. The third-order valence-corrected chi connectivity index (χ3v) is 2.73. The highest BCUT2D eigenvalue weighted by molar-refractivity contribution is 5.70. The molecule has 0 spiro atoms. The van der Waals surface area contributed by atoms with Crippen LogP contribution in [0, 0.1) is 22.7 Å². The fourth-order valence-electron chi connectivity index (χ4n) is 1.68. The zero-order valence-corrected chi connectivity index (χ0v) is 13.1. The Bertz CT molecular complexity index is 552. The molecule has 1 fully saturated rings. The van der Waals surface area contributed by atoms with E-state index in [1.165, 1.54) is 17.2 Å². The average Bonchev–Trinajstić information content (AvgIpc) is 2.98. The van der Waals surface area contributed by atoms with E-state index in [0.717, 1.165) is 0 Å². The molecule has 0 unspecified atom stereocenters. The molecule has 120 valence electrons. The van der Waals surface area contributed by atoms with Crippen LogP contribution in [0.3, 0.4) is 0 Å². The molecule has 0 radical (unpaired) electrons. The molecule has 1 aliphatic rings. The van der Waals surface area contributed by atoms with E-state index in [1.54, 1.807) is 17.1 Å². The van der Waals surface area contributed by atoms with E-state index in [-0.39, 0.29) is 11.7 Å². The minimum Gasteiger partial charge on any atom is -0.447 e. The Morgan fingerprint density at radius 2 is 1.78 bits per heavy atom. The molecule has 6 nitrogen and oxygen atoms in total. The van der Waals surface area contributed by atoms with Gasteiger partial charge >= 0.3 is 6.09 Å². The van der Waals surface area contributed by atoms with Crippen molar-refractivity contribution >= 4 is 6.09 Å². The first-order valence-corrected chi connectivity index (χ1v) is 6.79. The maximum atomic E-state index is 10.4. The SMILES string of the molecule is C=CCN(CC=C)C(C=C)=C(C#N)C#N.C=CN1CCOC1=O. The Hall–Kier alpha value is -3.25. The highest BCUT2D eigenvalue weighted by Crippen LogP contribution is 2.11. The summed E-state index contributed by atoms with van der Waals surface area (Å²) in [4.78, 5) is 13.7. The Balaban J connectivity index is 0.000000502. The van der Waals surface area contributed by atoms with Crippen molar-refractivity contribution in [2.75, 3.05) is 26.2 Å². The van der Waals surface area contributed by atoms with Crippen LogP contribution in [0.25, 0.3) is 0 Å². The number of hydrogen-bond donors (Lipinski definition) is 0. The molecule has 1 amide bonds. The zero-order valence-electron chi connectivity index (χ0n) is 13.1. The van der Waals surface area contributed by atoms with E-state index in [1.807, 2.05) is 12.1 Å². The van der Waals surface area contributed by atoms with Crippen LogP contribution in [0.1, 0.15) is 0 Å². The third kappa shape index (κ3) is 6.36. The van der Waals surface area contributed by atoms with E-state index < -0.39 is 0 Å². The smallest absolute Gasteiger partial charge is 0.413 e. The standard InChI is InChI=1S/C12H13N3.C5H7NO2/c1-4-7-15(8-5-2)12(6-3)11(9-13)10-14;1-2-6-3-4-8-5(6)7/h4-6H,1-3,7-8H2;2H,1,3-4H2. The Labute approximate surface area is 137 Å². The second kappa shape index (κ2) is 11.4. The van der Waals surface area contributed by atoms with Gasteiger partial charge in [-0.15, -0.1) is 13.2 Å². The summed E-state index contributed by atoms with van der Waals surface area (Å²) in [6, 6.07) is 3.67. The van der Waals surface area contributed by atoms with Gasteiger partial charge in [-0.1, -0.05) is 25.3 Å². The van der Waals surface area contributed by atoms with Gasteiger partial charge in [0.15, 0.2) is 5.57 Å². The van der Waals surface area contributed by atoms with E-state index in [2.05, 4.69) is 31.1 Å². The van der Waals surface area contributed by atoms with Crippen LogP contribution in [0.15, 0.2) is 62.0 Å². The number of ether oxygens (including phenoxy) is 1. The van der Waals surface area contributed by atoms with Crippen molar-refractivity contribution in [3.05, 3.63) is 62.0 Å². The van der Waals surface area contributed by atoms with Crippen LogP contribution in [0.5, 0.6) is 0 Å². The highest BCUT2D eigenvalue weighted by Gasteiger charge is 2.17. The molecule has 1 aliphatic heterocycles. The Kier molecular flexibility index (Phi) is 9.80. The molecule has 6 heteroatoms. The number of nitrogens with zero attached hydrogens (tertiary/aromatic N) is 4. The molecule has 0 aliphatic carbocycles. The zero-order chi connectivity index (χ0) is 17.7. The molecule has 0 saturated carbocycles. The van der Waals surface area contributed by atoms with Crippen LogP contribution in [0.2, 0.25) is 0 Å². The van der Waals surface area contributed by atoms with Gasteiger partial charge < -0.3 is 9.64 Å². The molecule has 0 aromatic heterocycles. The molecule has 23 heavy (non-hydrogen) atoms. The van der Waals surface area contributed by atoms with Gasteiger partial charge in [0.25, 0.3) is 0 Å². The summed E-state index contributed by atoms with van der Waals surface area (Å²) in [7, 11) is 0. The van der Waals surface area contributed by atoms with Crippen LogP contribution >= 0.6 is 0 Å². The van der Waals surface area contributed by atoms with Crippen molar-refractivity contribution in [1.29, 1.82) is 10.5 Å². The molecule has 0 aromatic rings. The third-order valence-electron chi connectivity index (χ3n) is 2.73. The van der Waals surface area contributed by atoms with Gasteiger partial charge in [0.2, 0.25) is 0 Å². The second-order valence-electron chi connectivity index (χ2n) is 4.16. The quantitative estimate of drug-likeness (QED) is 0.410. The van der Waals surface area contributed by atoms with Crippen LogP contribution in [-0.2, 0) is 4.74 Å². The van der Waals surface area contributed by atoms with Crippen LogP contribution in [0.4, 0.5) is 4.79 Å². The van der Waals surface area contributed by atoms with Gasteiger partial charge in [-0.2, -0.15) is 10.5 Å². The highest BCUT2D eigenvalue weighted by atomic mass is 16.6. The van der Waals surface area contributed by atoms with E-state index in [9.17, 15) is 4.79 Å². The fourth-order valence-corrected chi connectivity index (χ4v) is 1.68. The number of cyclic esters (lactones) is 1. The molecular weight excluding hydrogens is 292 g/mol. The van der Waals surface area contributed by atoms with E-state index >= 15 is 0 Å². The minimum atomic E-state index is -0.292. The van der Waals surface area contributed by atoms with Crippen molar-refractivity contribution < 1.29 is 9.53 Å². The summed E-state index contributed by atoms with van der Waals surface area (Å²) >= 11 is 0. The Morgan fingerprint density at radius 1 is 1.22 bits per heavy atom. The maximum absolute atomic E-state index is 10.4. The van der Waals surface area contributed by atoms with Gasteiger partial charge in [-0.3, -0.25) is 4.90 Å². The lowest BCUT2D eigenvalue weighted by Gasteiger charge is -2.22. The van der Waals surface area contributed by atoms with Gasteiger partial charge in [0.1, 0.15) is 18.7 Å². The summed E-state index contributed by atoms with van der Waals surface area (Å²) < 4.78 is 4.57. The van der Waals surface area contributed by atoms with E-state index in [0.29, 0.717) is 31.9 Å². The van der Waals surface area contributed by atoms with Crippen LogP contribution < -0.4 is 0 Å². The van der Waals surface area contributed by atoms with Crippen molar-refractivity contribution in [3.8, 4) is 12.1 Å². The lowest BCUT2D eigenvalue weighted by molar-refractivity contribution is 0.166. The van der Waals surface area contributed by atoms with E-state index in [4.69, 9.17) is 10.5 Å². The number of hydrogen-bond acceptors (Lipinski definition) is 5. The van der Waals surface area contributed by atoms with Crippen molar-refractivity contribution in [1.82, 2.24) is 9.80 Å². The monoisotopic (exact) mass is 312 g/mol. The largest absolute Gasteiger partial charge is 0.447 e. The summed E-state index contributed by atoms with van der Waals surface area (Å²) in [5.41, 5.74) is 0.563. The molecule has 0 N–H and O–H groups in total. The first-order chi connectivity index (χ1) is 11.1. The predicted molar refractivity (Wildman–Crippen MR) is 88.7 cm³/mol. The van der Waals surface area contributed by atoms with Crippen LogP contribution in [-0.4, -0.2) is 42.1 Å². The van der Waals surface area contributed by atoms with Gasteiger partial charge in [-0.05, 0) is 6.08 Å².